The molecule has 1 aliphatic rings. The zero-order valence-corrected chi connectivity index (χ0v) is 15.4. The van der Waals surface area contributed by atoms with Gasteiger partial charge in [-0.3, -0.25) is 4.79 Å². The predicted octanol–water partition coefficient (Wildman–Crippen LogP) is 3.01. The fourth-order valence-electron chi connectivity index (χ4n) is 3.94. The summed E-state index contributed by atoms with van der Waals surface area (Å²) in [6, 6.07) is 11.7. The van der Waals surface area contributed by atoms with Gasteiger partial charge in [-0.2, -0.15) is 0 Å². The normalized spacial score (nSPS) is 17.3. The van der Waals surface area contributed by atoms with E-state index >= 15 is 0 Å². The van der Waals surface area contributed by atoms with Crippen LogP contribution in [0.5, 0.6) is 0 Å². The van der Waals surface area contributed by atoms with Crippen molar-refractivity contribution in [3.63, 3.8) is 0 Å². The highest BCUT2D eigenvalue weighted by Gasteiger charge is 2.28. The van der Waals surface area contributed by atoms with Crippen molar-refractivity contribution >= 4 is 28.4 Å². The van der Waals surface area contributed by atoms with Crippen molar-refractivity contribution in [2.45, 2.75) is 19.4 Å². The maximum absolute atomic E-state index is 12.7. The SMILES string of the molecule is O=C(NCc1ccco1)[C@@H]1CCCN(c2nc3ncccc3n3cccc23)C1. The highest BCUT2D eigenvalue weighted by atomic mass is 16.3. The maximum atomic E-state index is 12.7. The fraction of sp³-hybridized carbons (Fsp3) is 0.286. The van der Waals surface area contributed by atoms with E-state index in [1.807, 2.05) is 36.5 Å². The lowest BCUT2D eigenvalue weighted by atomic mass is 9.97. The number of furan rings is 1. The minimum absolute atomic E-state index is 0.0615. The summed E-state index contributed by atoms with van der Waals surface area (Å²) in [5.74, 6) is 1.64. The van der Waals surface area contributed by atoms with Crippen molar-refractivity contribution in [3.8, 4) is 0 Å². The second-order valence-corrected chi connectivity index (χ2v) is 7.13. The van der Waals surface area contributed by atoms with Crippen LogP contribution in [0.3, 0.4) is 0 Å². The standard InChI is InChI=1S/C21H21N5O2/c27-21(23-13-16-6-4-12-28-16)15-5-2-10-25(14-15)20-18-8-3-11-26(18)17-7-1-9-22-19(17)24-20/h1,3-4,6-9,11-12,15H,2,5,10,13-14H2,(H,23,27)/t15-/m1/s1. The van der Waals surface area contributed by atoms with E-state index in [9.17, 15) is 4.79 Å². The number of nitrogens with zero attached hydrogens (tertiary/aromatic N) is 4. The molecule has 4 aromatic rings. The lowest BCUT2D eigenvalue weighted by molar-refractivity contribution is -0.125. The molecule has 7 nitrogen and oxygen atoms in total. The number of amides is 1. The van der Waals surface area contributed by atoms with Gasteiger partial charge in [0.25, 0.3) is 0 Å². The average Bonchev–Trinajstić information content (AvgIpc) is 3.43. The molecule has 5 heterocycles. The topological polar surface area (TPSA) is 75.7 Å². The van der Waals surface area contributed by atoms with Crippen molar-refractivity contribution in [1.29, 1.82) is 0 Å². The van der Waals surface area contributed by atoms with E-state index in [1.54, 1.807) is 12.5 Å². The van der Waals surface area contributed by atoms with E-state index in [-0.39, 0.29) is 11.8 Å². The largest absolute Gasteiger partial charge is 0.467 e. The molecular weight excluding hydrogens is 354 g/mol. The van der Waals surface area contributed by atoms with Gasteiger partial charge in [0.05, 0.1) is 29.8 Å². The van der Waals surface area contributed by atoms with E-state index in [1.165, 1.54) is 0 Å². The Kier molecular flexibility index (Phi) is 4.20. The van der Waals surface area contributed by atoms with Gasteiger partial charge in [-0.05, 0) is 49.2 Å². The first kappa shape index (κ1) is 16.8. The highest BCUT2D eigenvalue weighted by molar-refractivity contribution is 5.84. The van der Waals surface area contributed by atoms with Crippen LogP contribution >= 0.6 is 0 Å². The van der Waals surface area contributed by atoms with Crippen LogP contribution in [-0.2, 0) is 11.3 Å². The van der Waals surface area contributed by atoms with E-state index in [2.05, 4.69) is 25.7 Å². The number of carbonyl (C=O) groups is 1. The van der Waals surface area contributed by atoms with Crippen LogP contribution in [0.2, 0.25) is 0 Å². The molecule has 0 aliphatic carbocycles. The molecule has 0 bridgehead atoms. The molecule has 1 amide bonds. The number of piperidine rings is 1. The summed E-state index contributed by atoms with van der Waals surface area (Å²) in [4.78, 5) is 24.1. The molecular formula is C21H21N5O2. The van der Waals surface area contributed by atoms with E-state index < -0.39 is 0 Å². The quantitative estimate of drug-likeness (QED) is 0.593. The van der Waals surface area contributed by atoms with Gasteiger partial charge in [0.2, 0.25) is 5.91 Å². The Morgan fingerprint density at radius 2 is 2.14 bits per heavy atom. The van der Waals surface area contributed by atoms with Crippen LogP contribution in [0.1, 0.15) is 18.6 Å². The Morgan fingerprint density at radius 1 is 1.21 bits per heavy atom. The van der Waals surface area contributed by atoms with Crippen LogP contribution in [-0.4, -0.2) is 33.4 Å². The third-order valence-electron chi connectivity index (χ3n) is 5.32. The number of hydrogen-bond donors (Lipinski definition) is 1. The van der Waals surface area contributed by atoms with Crippen LogP contribution in [0, 0.1) is 5.92 Å². The first-order valence-electron chi connectivity index (χ1n) is 9.56. The van der Waals surface area contributed by atoms with Crippen LogP contribution in [0.4, 0.5) is 5.82 Å². The fourth-order valence-corrected chi connectivity index (χ4v) is 3.94. The number of fused-ring (bicyclic) bond motifs is 3. The second kappa shape index (κ2) is 6.99. The molecule has 1 aliphatic heterocycles. The number of hydrogen-bond acceptors (Lipinski definition) is 5. The van der Waals surface area contributed by atoms with Gasteiger partial charge >= 0.3 is 0 Å². The van der Waals surface area contributed by atoms with E-state index in [4.69, 9.17) is 9.40 Å². The van der Waals surface area contributed by atoms with Gasteiger partial charge in [0, 0.05) is 25.5 Å². The van der Waals surface area contributed by atoms with Crippen LogP contribution in [0.15, 0.2) is 59.5 Å². The molecule has 28 heavy (non-hydrogen) atoms. The Bertz CT molecular complexity index is 1120. The molecule has 0 radical (unpaired) electrons. The predicted molar refractivity (Wildman–Crippen MR) is 106 cm³/mol. The lowest BCUT2D eigenvalue weighted by Gasteiger charge is -2.33. The number of rotatable bonds is 4. The van der Waals surface area contributed by atoms with Gasteiger partial charge < -0.3 is 19.0 Å². The third kappa shape index (κ3) is 2.98. The minimum Gasteiger partial charge on any atom is -0.467 e. The number of anilines is 1. The summed E-state index contributed by atoms with van der Waals surface area (Å²) >= 11 is 0. The Hall–Kier alpha value is -3.35. The van der Waals surface area contributed by atoms with Crippen LogP contribution < -0.4 is 10.2 Å². The van der Waals surface area contributed by atoms with Crippen molar-refractivity contribution in [1.82, 2.24) is 19.7 Å². The summed E-state index contributed by atoms with van der Waals surface area (Å²) in [5.41, 5.74) is 2.73. The highest BCUT2D eigenvalue weighted by Crippen LogP contribution is 2.28. The molecule has 0 saturated carbocycles. The molecule has 1 N–H and O–H groups in total. The molecule has 142 valence electrons. The zero-order valence-electron chi connectivity index (χ0n) is 15.4. The average molecular weight is 375 g/mol. The summed E-state index contributed by atoms with van der Waals surface area (Å²) in [6.07, 6.45) is 7.24. The molecule has 0 unspecified atom stereocenters. The van der Waals surface area contributed by atoms with E-state index in [0.717, 1.165) is 42.0 Å². The van der Waals surface area contributed by atoms with Crippen molar-refractivity contribution < 1.29 is 9.21 Å². The summed E-state index contributed by atoms with van der Waals surface area (Å²) < 4.78 is 7.41. The molecule has 1 saturated heterocycles. The van der Waals surface area contributed by atoms with Gasteiger partial charge in [-0.1, -0.05) is 0 Å². The monoisotopic (exact) mass is 375 g/mol. The molecule has 5 rings (SSSR count). The number of pyridine rings is 1. The van der Waals surface area contributed by atoms with Gasteiger partial charge in [0.1, 0.15) is 5.76 Å². The third-order valence-corrected chi connectivity index (χ3v) is 5.32. The lowest BCUT2D eigenvalue weighted by Crippen LogP contribution is -2.43. The molecule has 0 aromatic carbocycles. The smallest absolute Gasteiger partial charge is 0.225 e. The zero-order chi connectivity index (χ0) is 18.9. The Balaban J connectivity index is 1.40. The molecule has 1 atom stereocenters. The van der Waals surface area contributed by atoms with Gasteiger partial charge in [-0.25, -0.2) is 9.97 Å². The maximum Gasteiger partial charge on any atom is 0.225 e. The molecule has 1 fully saturated rings. The minimum atomic E-state index is -0.0695. The first-order valence-corrected chi connectivity index (χ1v) is 9.56. The summed E-state index contributed by atoms with van der Waals surface area (Å²) in [5, 5.41) is 2.99. The molecule has 0 spiro atoms. The van der Waals surface area contributed by atoms with E-state index in [0.29, 0.717) is 18.7 Å². The summed E-state index contributed by atoms with van der Waals surface area (Å²) in [7, 11) is 0. The van der Waals surface area contributed by atoms with Gasteiger partial charge in [0.15, 0.2) is 11.5 Å². The van der Waals surface area contributed by atoms with Crippen molar-refractivity contribution in [2.75, 3.05) is 18.0 Å². The van der Waals surface area contributed by atoms with Crippen molar-refractivity contribution in [2.24, 2.45) is 5.92 Å². The summed E-state index contributed by atoms with van der Waals surface area (Å²) in [6.45, 7) is 1.95. The second-order valence-electron chi connectivity index (χ2n) is 7.13. The van der Waals surface area contributed by atoms with Gasteiger partial charge in [-0.15, -0.1) is 0 Å². The Morgan fingerprint density at radius 3 is 3.04 bits per heavy atom. The Labute approximate surface area is 162 Å². The molecule has 7 heteroatoms. The van der Waals surface area contributed by atoms with Crippen LogP contribution in [0.25, 0.3) is 16.7 Å². The first-order chi connectivity index (χ1) is 13.8. The number of nitrogens with one attached hydrogen (secondary N) is 1. The van der Waals surface area contributed by atoms with Crippen molar-refractivity contribution in [3.05, 3.63) is 60.8 Å². The number of carbonyl (C=O) groups excluding carboxylic acids is 1. The number of aromatic nitrogens is 3. The molecule has 4 aromatic heterocycles.